The van der Waals surface area contributed by atoms with Crippen LogP contribution in [0.4, 0.5) is 0 Å². The quantitative estimate of drug-likeness (QED) is 0.629. The summed E-state index contributed by atoms with van der Waals surface area (Å²) < 4.78 is 0. The van der Waals surface area contributed by atoms with E-state index in [-0.39, 0.29) is 11.7 Å². The standard InChI is InChI=1S/C17H23N3O2S/c1-9-15(11(3)20-16(9)12(4)21)17(22)18-8-6-7-14-19-10(2)13(5)23-14/h20H,6-8H2,1-5H3,(H,18,22). The molecule has 1 amide bonds. The second kappa shape index (κ2) is 7.08. The second-order valence-electron chi connectivity index (χ2n) is 5.79. The number of carbonyl (C=O) groups is 2. The first-order valence-electron chi connectivity index (χ1n) is 7.72. The van der Waals surface area contributed by atoms with Crippen LogP contribution < -0.4 is 5.32 Å². The minimum Gasteiger partial charge on any atom is -0.355 e. The van der Waals surface area contributed by atoms with E-state index in [9.17, 15) is 9.59 Å². The highest BCUT2D eigenvalue weighted by molar-refractivity contribution is 7.11. The maximum atomic E-state index is 12.3. The van der Waals surface area contributed by atoms with E-state index in [0.29, 0.717) is 17.8 Å². The number of carbonyl (C=O) groups excluding carboxylic acids is 2. The Morgan fingerprint density at radius 3 is 2.43 bits per heavy atom. The maximum Gasteiger partial charge on any atom is 0.253 e. The van der Waals surface area contributed by atoms with Gasteiger partial charge in [0.15, 0.2) is 5.78 Å². The molecule has 0 unspecified atom stereocenters. The van der Waals surface area contributed by atoms with Gasteiger partial charge in [-0.25, -0.2) is 4.98 Å². The van der Waals surface area contributed by atoms with Crippen LogP contribution in [-0.2, 0) is 6.42 Å². The SMILES string of the molecule is CC(=O)c1[nH]c(C)c(C(=O)NCCCc2nc(C)c(C)s2)c1C. The lowest BCUT2D eigenvalue weighted by atomic mass is 10.1. The van der Waals surface area contributed by atoms with E-state index in [4.69, 9.17) is 0 Å². The number of thiazole rings is 1. The highest BCUT2D eigenvalue weighted by Crippen LogP contribution is 2.19. The fourth-order valence-electron chi connectivity index (χ4n) is 2.62. The van der Waals surface area contributed by atoms with Crippen molar-refractivity contribution < 1.29 is 9.59 Å². The molecule has 0 spiro atoms. The van der Waals surface area contributed by atoms with Crippen molar-refractivity contribution in [3.63, 3.8) is 0 Å². The van der Waals surface area contributed by atoms with Gasteiger partial charge in [-0.1, -0.05) is 0 Å². The fraction of sp³-hybridized carbons (Fsp3) is 0.471. The van der Waals surface area contributed by atoms with Crippen LogP contribution in [0.15, 0.2) is 0 Å². The normalized spacial score (nSPS) is 10.8. The molecule has 23 heavy (non-hydrogen) atoms. The van der Waals surface area contributed by atoms with Gasteiger partial charge in [0.2, 0.25) is 0 Å². The zero-order chi connectivity index (χ0) is 17.1. The van der Waals surface area contributed by atoms with Crippen LogP contribution >= 0.6 is 11.3 Å². The van der Waals surface area contributed by atoms with Gasteiger partial charge in [0.05, 0.1) is 22.0 Å². The van der Waals surface area contributed by atoms with Gasteiger partial charge in [-0.2, -0.15) is 0 Å². The highest BCUT2D eigenvalue weighted by Gasteiger charge is 2.19. The Bertz CT molecular complexity index is 724. The molecule has 0 atom stereocenters. The number of ketones is 1. The highest BCUT2D eigenvalue weighted by atomic mass is 32.1. The minimum atomic E-state index is -0.129. The van der Waals surface area contributed by atoms with E-state index in [2.05, 4.69) is 22.2 Å². The fourth-order valence-corrected chi connectivity index (χ4v) is 3.59. The molecule has 6 heteroatoms. The molecule has 0 bridgehead atoms. The van der Waals surface area contributed by atoms with E-state index >= 15 is 0 Å². The van der Waals surface area contributed by atoms with Crippen LogP contribution in [0.1, 0.15) is 61.0 Å². The Hall–Kier alpha value is -1.95. The number of Topliss-reactive ketones (excluding diaryl/α,β-unsaturated/α-hetero) is 1. The average molecular weight is 333 g/mol. The van der Waals surface area contributed by atoms with Gasteiger partial charge >= 0.3 is 0 Å². The van der Waals surface area contributed by atoms with Crippen LogP contribution in [0.5, 0.6) is 0 Å². The topological polar surface area (TPSA) is 74.8 Å². The van der Waals surface area contributed by atoms with Gasteiger partial charge in [-0.3, -0.25) is 9.59 Å². The number of rotatable bonds is 6. The van der Waals surface area contributed by atoms with Crippen LogP contribution in [0.3, 0.4) is 0 Å². The maximum absolute atomic E-state index is 12.3. The predicted molar refractivity (Wildman–Crippen MR) is 92.5 cm³/mol. The molecular formula is C17H23N3O2S. The van der Waals surface area contributed by atoms with Gasteiger partial charge in [0.1, 0.15) is 0 Å². The number of H-pyrrole nitrogens is 1. The van der Waals surface area contributed by atoms with Crippen LogP contribution in [-0.4, -0.2) is 28.2 Å². The van der Waals surface area contributed by atoms with Crippen molar-refractivity contribution >= 4 is 23.0 Å². The number of amides is 1. The average Bonchev–Trinajstić information content (AvgIpc) is 2.95. The van der Waals surface area contributed by atoms with Crippen molar-refractivity contribution in [2.75, 3.05) is 6.54 Å². The summed E-state index contributed by atoms with van der Waals surface area (Å²) in [4.78, 5) is 32.6. The third-order valence-corrected chi connectivity index (χ3v) is 5.08. The smallest absolute Gasteiger partial charge is 0.253 e. The number of nitrogens with zero attached hydrogens (tertiary/aromatic N) is 1. The summed E-state index contributed by atoms with van der Waals surface area (Å²) in [6.45, 7) is 9.79. The second-order valence-corrected chi connectivity index (χ2v) is 7.08. The van der Waals surface area contributed by atoms with Crippen LogP contribution in [0.2, 0.25) is 0 Å². The summed E-state index contributed by atoms with van der Waals surface area (Å²) in [6, 6.07) is 0. The molecule has 5 nitrogen and oxygen atoms in total. The number of nitrogens with one attached hydrogen (secondary N) is 2. The molecule has 2 rings (SSSR count). The molecule has 124 valence electrons. The van der Waals surface area contributed by atoms with Crippen molar-refractivity contribution in [1.82, 2.24) is 15.3 Å². The first kappa shape index (κ1) is 17.4. The summed E-state index contributed by atoms with van der Waals surface area (Å²) in [6.07, 6.45) is 1.71. The van der Waals surface area contributed by atoms with Crippen molar-refractivity contribution in [1.29, 1.82) is 0 Å². The third kappa shape index (κ3) is 3.88. The van der Waals surface area contributed by atoms with Gasteiger partial charge in [-0.15, -0.1) is 11.3 Å². The first-order valence-corrected chi connectivity index (χ1v) is 8.54. The number of hydrogen-bond acceptors (Lipinski definition) is 4. The first-order chi connectivity index (χ1) is 10.8. The lowest BCUT2D eigenvalue weighted by Gasteiger charge is -2.05. The van der Waals surface area contributed by atoms with Gasteiger partial charge in [0, 0.05) is 30.5 Å². The molecule has 2 heterocycles. The molecular weight excluding hydrogens is 310 g/mol. The molecule has 2 aromatic heterocycles. The number of aryl methyl sites for hydroxylation is 4. The van der Waals surface area contributed by atoms with E-state index in [1.165, 1.54) is 11.8 Å². The monoisotopic (exact) mass is 333 g/mol. The summed E-state index contributed by atoms with van der Waals surface area (Å²) in [5.41, 5.74) is 3.64. The summed E-state index contributed by atoms with van der Waals surface area (Å²) in [5, 5.41) is 4.04. The predicted octanol–water partition coefficient (Wildman–Crippen LogP) is 3.27. The largest absolute Gasteiger partial charge is 0.355 e. The summed E-state index contributed by atoms with van der Waals surface area (Å²) >= 11 is 1.71. The van der Waals surface area contributed by atoms with E-state index in [0.717, 1.165) is 34.8 Å². The third-order valence-electron chi connectivity index (χ3n) is 3.94. The van der Waals surface area contributed by atoms with E-state index < -0.39 is 0 Å². The van der Waals surface area contributed by atoms with Gasteiger partial charge in [0.25, 0.3) is 5.91 Å². The lowest BCUT2D eigenvalue weighted by molar-refractivity contribution is 0.0952. The molecule has 0 fully saturated rings. The Morgan fingerprint density at radius 2 is 1.91 bits per heavy atom. The molecule has 0 radical (unpaired) electrons. The molecule has 2 N–H and O–H groups in total. The Morgan fingerprint density at radius 1 is 1.22 bits per heavy atom. The van der Waals surface area contributed by atoms with Crippen molar-refractivity contribution in [2.24, 2.45) is 0 Å². The van der Waals surface area contributed by atoms with Crippen LogP contribution in [0.25, 0.3) is 0 Å². The van der Waals surface area contributed by atoms with E-state index in [1.807, 2.05) is 13.8 Å². The van der Waals surface area contributed by atoms with Crippen molar-refractivity contribution in [2.45, 2.75) is 47.5 Å². The van der Waals surface area contributed by atoms with Crippen molar-refractivity contribution in [3.8, 4) is 0 Å². The zero-order valence-corrected chi connectivity index (χ0v) is 15.1. The molecule has 2 aromatic rings. The molecule has 0 aromatic carbocycles. The molecule has 0 saturated carbocycles. The van der Waals surface area contributed by atoms with Crippen molar-refractivity contribution in [3.05, 3.63) is 38.1 Å². The Labute approximate surface area is 140 Å². The summed E-state index contributed by atoms with van der Waals surface area (Å²) in [7, 11) is 0. The van der Waals surface area contributed by atoms with Gasteiger partial charge < -0.3 is 10.3 Å². The number of hydrogen-bond donors (Lipinski definition) is 2. The zero-order valence-electron chi connectivity index (χ0n) is 14.3. The van der Waals surface area contributed by atoms with Gasteiger partial charge in [-0.05, 0) is 39.7 Å². The van der Waals surface area contributed by atoms with E-state index in [1.54, 1.807) is 18.3 Å². The summed E-state index contributed by atoms with van der Waals surface area (Å²) in [5.74, 6) is -0.186. The van der Waals surface area contributed by atoms with Crippen LogP contribution in [0, 0.1) is 27.7 Å². The minimum absolute atomic E-state index is 0.0563. The Balaban J connectivity index is 1.91. The molecule has 0 aliphatic carbocycles. The molecule has 0 aliphatic heterocycles. The molecule has 0 aliphatic rings. The lowest BCUT2D eigenvalue weighted by Crippen LogP contribution is -2.25. The number of aromatic amines is 1. The Kier molecular flexibility index (Phi) is 5.36. The number of aromatic nitrogens is 2. The molecule has 0 saturated heterocycles.